The van der Waals surface area contributed by atoms with E-state index < -0.39 is 6.43 Å². The second-order valence-electron chi connectivity index (χ2n) is 2.88. The molecule has 0 aliphatic carbocycles. The molecule has 1 aromatic carbocycles. The van der Waals surface area contributed by atoms with Crippen LogP contribution in [0.3, 0.4) is 0 Å². The molecule has 0 radical (unpaired) electrons. The molecule has 0 aliphatic heterocycles. The summed E-state index contributed by atoms with van der Waals surface area (Å²) in [5, 5.41) is 2.64. The van der Waals surface area contributed by atoms with Crippen LogP contribution in [0.2, 0.25) is 0 Å². The Morgan fingerprint density at radius 1 is 1.43 bits per heavy atom. The van der Waals surface area contributed by atoms with Gasteiger partial charge < -0.3 is 11.1 Å². The summed E-state index contributed by atoms with van der Waals surface area (Å²) in [6.07, 6.45) is -2.31. The summed E-state index contributed by atoms with van der Waals surface area (Å²) in [6, 6.07) is 5.36. The zero-order valence-electron chi connectivity index (χ0n) is 7.43. The lowest BCUT2D eigenvalue weighted by Gasteiger charge is -2.05. The van der Waals surface area contributed by atoms with Gasteiger partial charge in [0.1, 0.15) is 0 Å². The highest BCUT2D eigenvalue weighted by atomic mass is 79.9. The third kappa shape index (κ3) is 3.59. The van der Waals surface area contributed by atoms with Crippen molar-refractivity contribution in [3.05, 3.63) is 28.2 Å². The van der Waals surface area contributed by atoms with Crippen LogP contribution in [-0.4, -0.2) is 13.0 Å². The molecule has 0 aromatic heterocycles. The van der Waals surface area contributed by atoms with E-state index in [0.29, 0.717) is 12.2 Å². The van der Waals surface area contributed by atoms with Crippen LogP contribution in [0.25, 0.3) is 0 Å². The molecule has 0 amide bonds. The number of hydrogen-bond acceptors (Lipinski definition) is 2. The molecule has 0 saturated heterocycles. The van der Waals surface area contributed by atoms with E-state index in [9.17, 15) is 8.78 Å². The van der Waals surface area contributed by atoms with Gasteiger partial charge >= 0.3 is 0 Å². The number of alkyl halides is 2. The minimum atomic E-state index is -2.31. The Hall–Kier alpha value is -0.680. The Morgan fingerprint density at radius 3 is 2.71 bits per heavy atom. The predicted molar refractivity (Wildman–Crippen MR) is 56.3 cm³/mol. The largest absolute Gasteiger partial charge is 0.398 e. The number of benzene rings is 1. The van der Waals surface area contributed by atoms with Crippen molar-refractivity contribution in [1.82, 2.24) is 5.32 Å². The minimum absolute atomic E-state index is 0.290. The van der Waals surface area contributed by atoms with Gasteiger partial charge in [-0.1, -0.05) is 6.07 Å². The normalized spacial score (nSPS) is 10.9. The van der Waals surface area contributed by atoms with Crippen molar-refractivity contribution in [3.8, 4) is 0 Å². The summed E-state index contributed by atoms with van der Waals surface area (Å²) in [5.74, 6) is 0. The fourth-order valence-corrected chi connectivity index (χ4v) is 1.43. The average molecular weight is 265 g/mol. The number of hydrogen-bond donors (Lipinski definition) is 2. The van der Waals surface area contributed by atoms with Gasteiger partial charge in [0.2, 0.25) is 0 Å². The molecule has 14 heavy (non-hydrogen) atoms. The molecule has 2 nitrogen and oxygen atoms in total. The Labute approximate surface area is 89.6 Å². The number of nitrogens with two attached hydrogens (primary N) is 1. The highest BCUT2D eigenvalue weighted by Gasteiger charge is 2.02. The molecule has 0 unspecified atom stereocenters. The molecular formula is C9H11BrF2N2. The van der Waals surface area contributed by atoms with Gasteiger partial charge in [-0.3, -0.25) is 0 Å². The SMILES string of the molecule is Nc1ccc(CNCC(F)F)cc1Br. The van der Waals surface area contributed by atoms with Crippen molar-refractivity contribution in [2.24, 2.45) is 0 Å². The fourth-order valence-electron chi connectivity index (χ4n) is 1.01. The van der Waals surface area contributed by atoms with Crippen molar-refractivity contribution in [2.45, 2.75) is 13.0 Å². The third-order valence-corrected chi connectivity index (χ3v) is 2.38. The van der Waals surface area contributed by atoms with Crippen LogP contribution in [-0.2, 0) is 6.54 Å². The lowest BCUT2D eigenvalue weighted by atomic mass is 10.2. The molecule has 1 aromatic rings. The maximum absolute atomic E-state index is 11.8. The van der Waals surface area contributed by atoms with Gasteiger partial charge in [0, 0.05) is 16.7 Å². The molecule has 0 atom stereocenters. The van der Waals surface area contributed by atoms with Gasteiger partial charge in [-0.25, -0.2) is 8.78 Å². The molecular weight excluding hydrogens is 254 g/mol. The van der Waals surface area contributed by atoms with E-state index in [1.54, 1.807) is 12.1 Å². The second kappa shape index (κ2) is 5.26. The van der Waals surface area contributed by atoms with Gasteiger partial charge in [0.15, 0.2) is 0 Å². The number of anilines is 1. The summed E-state index contributed by atoms with van der Waals surface area (Å²) in [6.45, 7) is 0.130. The summed E-state index contributed by atoms with van der Waals surface area (Å²) in [4.78, 5) is 0. The zero-order chi connectivity index (χ0) is 10.6. The van der Waals surface area contributed by atoms with Crippen molar-refractivity contribution in [2.75, 3.05) is 12.3 Å². The number of halogens is 3. The van der Waals surface area contributed by atoms with Crippen LogP contribution in [0.1, 0.15) is 5.56 Å². The summed E-state index contributed by atoms with van der Waals surface area (Å²) < 4.78 is 24.4. The average Bonchev–Trinajstić information content (AvgIpc) is 2.10. The van der Waals surface area contributed by atoms with E-state index in [1.165, 1.54) is 0 Å². The lowest BCUT2D eigenvalue weighted by Crippen LogP contribution is -2.20. The molecule has 0 aliphatic rings. The number of rotatable bonds is 4. The summed E-state index contributed by atoms with van der Waals surface area (Å²) in [7, 11) is 0. The number of nitrogen functional groups attached to an aromatic ring is 1. The molecule has 0 heterocycles. The first kappa shape index (κ1) is 11.4. The Morgan fingerprint density at radius 2 is 2.14 bits per heavy atom. The highest BCUT2D eigenvalue weighted by Crippen LogP contribution is 2.20. The van der Waals surface area contributed by atoms with Crippen LogP contribution < -0.4 is 11.1 Å². The first-order chi connectivity index (χ1) is 6.59. The molecule has 78 valence electrons. The molecule has 1 rings (SSSR count). The van der Waals surface area contributed by atoms with E-state index in [1.807, 2.05) is 6.07 Å². The smallest absolute Gasteiger partial charge is 0.250 e. The maximum atomic E-state index is 11.8. The highest BCUT2D eigenvalue weighted by molar-refractivity contribution is 9.10. The molecule has 0 spiro atoms. The van der Waals surface area contributed by atoms with Crippen molar-refractivity contribution in [1.29, 1.82) is 0 Å². The first-order valence-corrected chi connectivity index (χ1v) is 4.91. The monoisotopic (exact) mass is 264 g/mol. The van der Waals surface area contributed by atoms with E-state index in [-0.39, 0.29) is 6.54 Å². The molecule has 0 bridgehead atoms. The van der Waals surface area contributed by atoms with Crippen LogP contribution >= 0.6 is 15.9 Å². The maximum Gasteiger partial charge on any atom is 0.250 e. The van der Waals surface area contributed by atoms with Crippen molar-refractivity contribution < 1.29 is 8.78 Å². The van der Waals surface area contributed by atoms with Crippen LogP contribution in [0.15, 0.2) is 22.7 Å². The minimum Gasteiger partial charge on any atom is -0.398 e. The lowest BCUT2D eigenvalue weighted by molar-refractivity contribution is 0.145. The van der Waals surface area contributed by atoms with Crippen molar-refractivity contribution in [3.63, 3.8) is 0 Å². The van der Waals surface area contributed by atoms with Gasteiger partial charge in [-0.2, -0.15) is 0 Å². The van der Waals surface area contributed by atoms with E-state index in [2.05, 4.69) is 21.2 Å². The Balaban J connectivity index is 2.47. The van der Waals surface area contributed by atoms with Crippen LogP contribution in [0, 0.1) is 0 Å². The van der Waals surface area contributed by atoms with Gasteiger partial charge in [0.25, 0.3) is 6.43 Å². The van der Waals surface area contributed by atoms with Crippen LogP contribution in [0.5, 0.6) is 0 Å². The molecule has 0 saturated carbocycles. The zero-order valence-corrected chi connectivity index (χ0v) is 9.02. The summed E-state index contributed by atoms with van der Waals surface area (Å²) in [5.41, 5.74) is 7.14. The Bertz CT molecular complexity index is 305. The van der Waals surface area contributed by atoms with Gasteiger partial charge in [0.05, 0.1) is 6.54 Å². The molecule has 0 fully saturated rings. The van der Waals surface area contributed by atoms with Gasteiger partial charge in [-0.15, -0.1) is 0 Å². The van der Waals surface area contributed by atoms with E-state index >= 15 is 0 Å². The fraction of sp³-hybridized carbons (Fsp3) is 0.333. The standard InChI is InChI=1S/C9H11BrF2N2/c10-7-3-6(1-2-8(7)13)4-14-5-9(11)12/h1-3,9,14H,4-5,13H2. The van der Waals surface area contributed by atoms with E-state index in [0.717, 1.165) is 10.0 Å². The number of nitrogens with one attached hydrogen (secondary N) is 1. The predicted octanol–water partition coefficient (Wildman–Crippen LogP) is 2.39. The second-order valence-corrected chi connectivity index (χ2v) is 3.73. The van der Waals surface area contributed by atoms with Gasteiger partial charge in [-0.05, 0) is 33.6 Å². The first-order valence-electron chi connectivity index (χ1n) is 4.12. The van der Waals surface area contributed by atoms with Crippen molar-refractivity contribution >= 4 is 21.6 Å². The quantitative estimate of drug-likeness (QED) is 0.820. The van der Waals surface area contributed by atoms with E-state index in [4.69, 9.17) is 5.73 Å². The summed E-state index contributed by atoms with van der Waals surface area (Å²) >= 11 is 3.27. The topological polar surface area (TPSA) is 38.0 Å². The van der Waals surface area contributed by atoms with Crippen LogP contribution in [0.4, 0.5) is 14.5 Å². The Kier molecular flexibility index (Phi) is 4.28. The molecule has 5 heteroatoms. The molecule has 3 N–H and O–H groups in total. The third-order valence-electron chi connectivity index (χ3n) is 1.69.